The van der Waals surface area contributed by atoms with Crippen LogP contribution >= 0.6 is 11.3 Å². The first kappa shape index (κ1) is 4.65. The molecule has 0 saturated heterocycles. The van der Waals surface area contributed by atoms with Crippen molar-refractivity contribution in [3.05, 3.63) is 17.5 Å². The third-order valence-corrected chi connectivity index (χ3v) is 2.69. The molecule has 0 unspecified atom stereocenters. The number of hydrogen-bond donors (Lipinski definition) is 0. The first-order chi connectivity index (χ1) is 2.89. The van der Waals surface area contributed by atoms with Crippen LogP contribution in [-0.4, -0.2) is 22.5 Å². The van der Waals surface area contributed by atoms with Gasteiger partial charge in [0.2, 0.25) is 0 Å². The molecule has 0 saturated carbocycles. The van der Waals surface area contributed by atoms with Gasteiger partial charge in [0, 0.05) is 0 Å². The molecular weight excluding hydrogens is 199 g/mol. The predicted molar refractivity (Wildman–Crippen MR) is 29.7 cm³/mol. The molecule has 2 heteroatoms. The van der Waals surface area contributed by atoms with Gasteiger partial charge in [0.05, 0.1) is 0 Å². The molecule has 0 aromatic carbocycles. The van der Waals surface area contributed by atoms with Gasteiger partial charge in [0.25, 0.3) is 0 Å². The first-order valence-corrected chi connectivity index (χ1v) is 3.95. The van der Waals surface area contributed by atoms with E-state index in [1.807, 2.05) is 11.3 Å². The van der Waals surface area contributed by atoms with E-state index in [-0.39, 0.29) is 0 Å². The number of thiophene rings is 1. The van der Waals surface area contributed by atoms with Crippen LogP contribution in [0.15, 0.2) is 17.5 Å². The minimum atomic E-state index is 1.47. The number of hydrogen-bond acceptors (Lipinski definition) is 1. The molecule has 1 aromatic rings. The Hall–Kier alpha value is 0.499. The normalized spacial score (nSPS) is 8.83. The van der Waals surface area contributed by atoms with Gasteiger partial charge in [-0.2, -0.15) is 0 Å². The summed E-state index contributed by atoms with van der Waals surface area (Å²) < 4.78 is 1.47. The van der Waals surface area contributed by atoms with Gasteiger partial charge in [-0.05, 0) is 0 Å². The maximum absolute atomic E-state index is 2.14. The predicted octanol–water partition coefficient (Wildman–Crippen LogP) is 0.542. The van der Waals surface area contributed by atoms with Crippen molar-refractivity contribution in [2.75, 3.05) is 0 Å². The molecule has 0 aliphatic carbocycles. The average Bonchev–Trinajstić information content (AvgIpc) is 1.86. The van der Waals surface area contributed by atoms with Gasteiger partial charge >= 0.3 is 54.3 Å². The Balaban J connectivity index is 3.05. The van der Waals surface area contributed by atoms with Gasteiger partial charge in [-0.3, -0.25) is 0 Å². The van der Waals surface area contributed by atoms with Crippen LogP contribution in [0, 0.1) is 0 Å². The fourth-order valence-corrected chi connectivity index (χ4v) is 1.60. The fourth-order valence-electron chi connectivity index (χ4n) is 0.279. The summed E-state index contributed by atoms with van der Waals surface area (Å²) in [6.45, 7) is 0. The van der Waals surface area contributed by atoms with Crippen molar-refractivity contribution in [3.63, 3.8) is 0 Å². The van der Waals surface area contributed by atoms with Crippen molar-refractivity contribution in [3.8, 4) is 0 Å². The van der Waals surface area contributed by atoms with E-state index >= 15 is 0 Å². The summed E-state index contributed by atoms with van der Waals surface area (Å²) in [6, 6.07) is 4.22. The van der Waals surface area contributed by atoms with Crippen LogP contribution < -0.4 is 2.89 Å². The van der Waals surface area contributed by atoms with E-state index in [1.54, 1.807) is 0 Å². The molecule has 0 atom stereocenters. The zero-order valence-electron chi connectivity index (χ0n) is 3.14. The molecule has 0 bridgehead atoms. The molecule has 0 fully saturated rings. The molecule has 0 aliphatic heterocycles. The molecule has 0 amide bonds. The summed E-state index contributed by atoms with van der Waals surface area (Å²) in [6.07, 6.45) is 0. The summed E-state index contributed by atoms with van der Waals surface area (Å²) in [5.41, 5.74) is 0. The van der Waals surface area contributed by atoms with Crippen molar-refractivity contribution in [1.82, 2.24) is 0 Å². The number of rotatable bonds is 0. The Morgan fingerprint density at radius 3 is 2.67 bits per heavy atom. The third kappa shape index (κ3) is 0.979. The molecule has 0 N–H and O–H groups in total. The van der Waals surface area contributed by atoms with E-state index in [9.17, 15) is 0 Å². The van der Waals surface area contributed by atoms with Crippen LogP contribution in [0.4, 0.5) is 0 Å². The SMILES string of the molecule is [Sn][c]1cccs1. The van der Waals surface area contributed by atoms with Crippen molar-refractivity contribution < 1.29 is 0 Å². The maximum atomic E-state index is 2.14. The third-order valence-electron chi connectivity index (χ3n) is 0.521. The first-order valence-electron chi connectivity index (χ1n) is 1.65. The second-order valence-corrected chi connectivity index (χ2v) is 4.50. The van der Waals surface area contributed by atoms with Crippen LogP contribution in [0.2, 0.25) is 0 Å². The van der Waals surface area contributed by atoms with Gasteiger partial charge in [0.1, 0.15) is 0 Å². The molecule has 0 aliphatic rings. The zero-order valence-corrected chi connectivity index (χ0v) is 6.81. The molecule has 6 heavy (non-hydrogen) atoms. The zero-order chi connectivity index (χ0) is 4.41. The second kappa shape index (κ2) is 1.98. The van der Waals surface area contributed by atoms with Crippen molar-refractivity contribution in [2.45, 2.75) is 0 Å². The van der Waals surface area contributed by atoms with E-state index < -0.39 is 0 Å². The van der Waals surface area contributed by atoms with Crippen molar-refractivity contribution in [1.29, 1.82) is 0 Å². The molecule has 1 heterocycles. The summed E-state index contributed by atoms with van der Waals surface area (Å²) in [5, 5.41) is 2.10. The van der Waals surface area contributed by atoms with Gasteiger partial charge < -0.3 is 0 Å². The van der Waals surface area contributed by atoms with E-state index in [0.717, 1.165) is 0 Å². The standard InChI is InChI=1S/C4H3S.Sn/c1-2-4-5-3-1;/h1-3H;. The van der Waals surface area contributed by atoms with Crippen LogP contribution in [0.3, 0.4) is 0 Å². The van der Waals surface area contributed by atoms with E-state index in [2.05, 4.69) is 17.5 Å². The van der Waals surface area contributed by atoms with Crippen molar-refractivity contribution >= 4 is 36.8 Å². The van der Waals surface area contributed by atoms with E-state index in [0.29, 0.717) is 0 Å². The Morgan fingerprint density at radius 2 is 2.50 bits per heavy atom. The molecule has 3 radical (unpaired) electrons. The van der Waals surface area contributed by atoms with E-state index in [1.165, 1.54) is 25.4 Å². The van der Waals surface area contributed by atoms with Gasteiger partial charge in [-0.15, -0.1) is 0 Å². The van der Waals surface area contributed by atoms with Crippen LogP contribution in [0.25, 0.3) is 0 Å². The van der Waals surface area contributed by atoms with Crippen LogP contribution in [-0.2, 0) is 0 Å². The van der Waals surface area contributed by atoms with Gasteiger partial charge in [0.15, 0.2) is 0 Å². The monoisotopic (exact) mass is 203 g/mol. The second-order valence-electron chi connectivity index (χ2n) is 0.977. The molecule has 0 nitrogen and oxygen atoms in total. The summed E-state index contributed by atoms with van der Waals surface area (Å²) >= 11 is 3.34. The summed E-state index contributed by atoms with van der Waals surface area (Å²) in [7, 11) is 0. The molecule has 1 rings (SSSR count). The minimum absolute atomic E-state index is 1.47. The summed E-state index contributed by atoms with van der Waals surface area (Å²) in [4.78, 5) is 0. The van der Waals surface area contributed by atoms with Crippen molar-refractivity contribution in [2.24, 2.45) is 0 Å². The Morgan fingerprint density at radius 1 is 1.67 bits per heavy atom. The van der Waals surface area contributed by atoms with Crippen LogP contribution in [0.1, 0.15) is 0 Å². The molecule has 0 spiro atoms. The van der Waals surface area contributed by atoms with E-state index in [4.69, 9.17) is 0 Å². The Bertz CT molecular complexity index is 111. The topological polar surface area (TPSA) is 0 Å². The Labute approximate surface area is 54.3 Å². The summed E-state index contributed by atoms with van der Waals surface area (Å²) in [5.74, 6) is 0. The molecule has 29 valence electrons. The average molecular weight is 202 g/mol. The van der Waals surface area contributed by atoms with Gasteiger partial charge in [-0.1, -0.05) is 0 Å². The van der Waals surface area contributed by atoms with Gasteiger partial charge in [-0.25, -0.2) is 0 Å². The molecule has 1 aromatic heterocycles. The quantitative estimate of drug-likeness (QED) is 0.538. The van der Waals surface area contributed by atoms with Crippen LogP contribution in [0.5, 0.6) is 0 Å². The Kier molecular flexibility index (Phi) is 1.53. The molecular formula is C4H3SSn. The fraction of sp³-hybridized carbons (Fsp3) is 0.